The molecule has 0 aliphatic carbocycles. The molecule has 0 saturated heterocycles. The molecule has 1 aromatic rings. The molecule has 26 heavy (non-hydrogen) atoms. The van der Waals surface area contributed by atoms with Crippen molar-refractivity contribution in [3.8, 4) is 0 Å². The van der Waals surface area contributed by atoms with Crippen LogP contribution >= 0.6 is 12.4 Å². The maximum atomic E-state index is 12.1. The molecule has 0 radical (unpaired) electrons. The number of benzene rings is 1. The Morgan fingerprint density at radius 3 is 2.31 bits per heavy atom. The van der Waals surface area contributed by atoms with Crippen molar-refractivity contribution in [1.29, 1.82) is 0 Å². The number of nitrogens with one attached hydrogen (secondary N) is 2. The van der Waals surface area contributed by atoms with Gasteiger partial charge in [-0.3, -0.25) is 9.59 Å². The largest absolute Gasteiger partial charge is 0.464 e. The summed E-state index contributed by atoms with van der Waals surface area (Å²) in [6.45, 7) is 5.32. The van der Waals surface area contributed by atoms with Gasteiger partial charge in [-0.25, -0.2) is 4.79 Å². The second-order valence-corrected chi connectivity index (χ2v) is 6.05. The molecule has 0 heterocycles. The monoisotopic (exact) mass is 385 g/mol. The van der Waals surface area contributed by atoms with Crippen LogP contribution in [-0.2, 0) is 25.5 Å². The van der Waals surface area contributed by atoms with E-state index in [0.717, 1.165) is 5.56 Å². The highest BCUT2D eigenvalue weighted by atomic mass is 35.5. The van der Waals surface area contributed by atoms with Crippen molar-refractivity contribution >= 4 is 30.2 Å². The van der Waals surface area contributed by atoms with Crippen molar-refractivity contribution in [2.24, 2.45) is 11.7 Å². The first-order chi connectivity index (χ1) is 11.8. The van der Waals surface area contributed by atoms with Crippen LogP contribution in [0.25, 0.3) is 0 Å². The molecule has 4 N–H and O–H groups in total. The Morgan fingerprint density at radius 1 is 1.15 bits per heavy atom. The van der Waals surface area contributed by atoms with Crippen LogP contribution in [0.15, 0.2) is 30.3 Å². The normalized spacial score (nSPS) is 12.5. The number of amides is 2. The number of hydrogen-bond donors (Lipinski definition) is 3. The summed E-state index contributed by atoms with van der Waals surface area (Å²) in [5.41, 5.74) is 6.61. The fourth-order valence-electron chi connectivity index (χ4n) is 2.12. The van der Waals surface area contributed by atoms with E-state index >= 15 is 0 Å². The predicted molar refractivity (Wildman–Crippen MR) is 102 cm³/mol. The van der Waals surface area contributed by atoms with Crippen LogP contribution < -0.4 is 16.4 Å². The number of carbonyl (C=O) groups is 3. The standard InChI is InChI=1S/C18H27N3O4.ClH/c1-4-25-18(24)14(10-13-8-6-5-7-9-13)21-15(22)11-20-17(23)16(19)12(2)3;/h5-9,12,14,16H,4,10-11,19H2,1-3H3,(H,20,23)(H,21,22);1H/t14?,16-;/m0./s1. The third-order valence-corrected chi connectivity index (χ3v) is 3.63. The zero-order chi connectivity index (χ0) is 18.8. The summed E-state index contributed by atoms with van der Waals surface area (Å²) in [6.07, 6.45) is 0.310. The Kier molecular flexibility index (Phi) is 11.3. The van der Waals surface area contributed by atoms with Gasteiger partial charge < -0.3 is 21.1 Å². The summed E-state index contributed by atoms with van der Waals surface area (Å²) in [5.74, 6) is -1.42. The average molecular weight is 386 g/mol. The molecule has 1 aromatic carbocycles. The van der Waals surface area contributed by atoms with E-state index in [1.807, 2.05) is 44.2 Å². The molecule has 1 rings (SSSR count). The van der Waals surface area contributed by atoms with E-state index in [9.17, 15) is 14.4 Å². The lowest BCUT2D eigenvalue weighted by atomic mass is 10.1. The highest BCUT2D eigenvalue weighted by Crippen LogP contribution is 2.05. The van der Waals surface area contributed by atoms with Crippen molar-refractivity contribution in [3.05, 3.63) is 35.9 Å². The van der Waals surface area contributed by atoms with Gasteiger partial charge in [-0.2, -0.15) is 0 Å². The highest BCUT2D eigenvalue weighted by molar-refractivity contribution is 5.89. The molecule has 1 unspecified atom stereocenters. The number of rotatable bonds is 9. The number of ether oxygens (including phenoxy) is 1. The first kappa shape index (κ1) is 23.9. The summed E-state index contributed by atoms with van der Waals surface area (Å²) < 4.78 is 5.01. The average Bonchev–Trinajstić information content (AvgIpc) is 2.59. The number of halogens is 1. The van der Waals surface area contributed by atoms with Gasteiger partial charge in [-0.1, -0.05) is 44.2 Å². The molecule has 146 valence electrons. The Morgan fingerprint density at radius 2 is 1.77 bits per heavy atom. The van der Waals surface area contributed by atoms with E-state index in [0.29, 0.717) is 6.42 Å². The van der Waals surface area contributed by atoms with E-state index in [1.165, 1.54) is 0 Å². The zero-order valence-electron chi connectivity index (χ0n) is 15.4. The molecule has 0 fully saturated rings. The molecule has 0 spiro atoms. The molecular formula is C18H28ClN3O4. The van der Waals surface area contributed by atoms with E-state index in [1.54, 1.807) is 6.92 Å². The van der Waals surface area contributed by atoms with Gasteiger partial charge in [0, 0.05) is 6.42 Å². The van der Waals surface area contributed by atoms with Crippen LogP contribution in [-0.4, -0.2) is 43.0 Å². The van der Waals surface area contributed by atoms with Gasteiger partial charge in [0.15, 0.2) is 0 Å². The Hall–Kier alpha value is -2.12. The summed E-state index contributed by atoms with van der Waals surface area (Å²) in [4.78, 5) is 35.9. The molecule has 0 aliphatic rings. The van der Waals surface area contributed by atoms with Gasteiger partial charge in [0.05, 0.1) is 19.2 Å². The van der Waals surface area contributed by atoms with E-state index in [2.05, 4.69) is 10.6 Å². The molecule has 0 saturated carbocycles. The van der Waals surface area contributed by atoms with E-state index < -0.39 is 29.9 Å². The SMILES string of the molecule is CCOC(=O)C(Cc1ccccc1)NC(=O)CNC(=O)[C@@H](N)C(C)C.Cl. The van der Waals surface area contributed by atoms with Crippen molar-refractivity contribution in [2.75, 3.05) is 13.2 Å². The Bertz CT molecular complexity index is 581. The van der Waals surface area contributed by atoms with Crippen molar-refractivity contribution in [1.82, 2.24) is 10.6 Å². The first-order valence-corrected chi connectivity index (χ1v) is 8.38. The fourth-order valence-corrected chi connectivity index (χ4v) is 2.12. The van der Waals surface area contributed by atoms with Gasteiger partial charge >= 0.3 is 5.97 Å². The lowest BCUT2D eigenvalue weighted by Crippen LogP contribution is -2.50. The third-order valence-electron chi connectivity index (χ3n) is 3.63. The molecule has 7 nitrogen and oxygen atoms in total. The lowest BCUT2D eigenvalue weighted by molar-refractivity contribution is -0.147. The van der Waals surface area contributed by atoms with Gasteiger partial charge in [0.25, 0.3) is 0 Å². The van der Waals surface area contributed by atoms with Crippen LogP contribution in [0.4, 0.5) is 0 Å². The van der Waals surface area contributed by atoms with Gasteiger partial charge in [0.2, 0.25) is 11.8 Å². The highest BCUT2D eigenvalue weighted by Gasteiger charge is 2.23. The molecule has 0 aliphatic heterocycles. The van der Waals surface area contributed by atoms with Gasteiger partial charge in [-0.15, -0.1) is 12.4 Å². The number of nitrogens with two attached hydrogens (primary N) is 1. The van der Waals surface area contributed by atoms with Crippen LogP contribution in [0.2, 0.25) is 0 Å². The lowest BCUT2D eigenvalue weighted by Gasteiger charge is -2.19. The van der Waals surface area contributed by atoms with Gasteiger partial charge in [0.1, 0.15) is 6.04 Å². The fraction of sp³-hybridized carbons (Fsp3) is 0.500. The number of esters is 1. The minimum absolute atomic E-state index is 0. The van der Waals surface area contributed by atoms with Crippen LogP contribution in [0.3, 0.4) is 0 Å². The predicted octanol–water partition coefficient (Wildman–Crippen LogP) is 0.798. The van der Waals surface area contributed by atoms with Crippen LogP contribution in [0.5, 0.6) is 0 Å². The molecule has 0 bridgehead atoms. The third kappa shape index (κ3) is 8.31. The molecule has 0 aromatic heterocycles. The smallest absolute Gasteiger partial charge is 0.328 e. The maximum absolute atomic E-state index is 12.1. The number of hydrogen-bond acceptors (Lipinski definition) is 5. The van der Waals surface area contributed by atoms with E-state index in [4.69, 9.17) is 10.5 Å². The second kappa shape index (κ2) is 12.3. The summed E-state index contributed by atoms with van der Waals surface area (Å²) >= 11 is 0. The molecule has 8 heteroatoms. The first-order valence-electron chi connectivity index (χ1n) is 8.38. The van der Waals surface area contributed by atoms with E-state index in [-0.39, 0.29) is 31.5 Å². The molecule has 2 amide bonds. The Balaban J connectivity index is 0.00000625. The maximum Gasteiger partial charge on any atom is 0.328 e. The minimum Gasteiger partial charge on any atom is -0.464 e. The Labute approximate surface area is 160 Å². The summed E-state index contributed by atoms with van der Waals surface area (Å²) in [7, 11) is 0. The topological polar surface area (TPSA) is 111 Å². The summed E-state index contributed by atoms with van der Waals surface area (Å²) in [6, 6.07) is 7.81. The zero-order valence-corrected chi connectivity index (χ0v) is 16.2. The second-order valence-electron chi connectivity index (χ2n) is 6.05. The number of carbonyl (C=O) groups excluding carboxylic acids is 3. The quantitative estimate of drug-likeness (QED) is 0.544. The van der Waals surface area contributed by atoms with Crippen molar-refractivity contribution in [2.45, 2.75) is 39.3 Å². The van der Waals surface area contributed by atoms with Crippen LogP contribution in [0.1, 0.15) is 26.3 Å². The molecule has 2 atom stereocenters. The minimum atomic E-state index is -0.814. The van der Waals surface area contributed by atoms with Crippen LogP contribution in [0, 0.1) is 5.92 Å². The van der Waals surface area contributed by atoms with Crippen molar-refractivity contribution in [3.63, 3.8) is 0 Å². The molecular weight excluding hydrogens is 358 g/mol. The van der Waals surface area contributed by atoms with Gasteiger partial charge in [-0.05, 0) is 18.4 Å². The summed E-state index contributed by atoms with van der Waals surface area (Å²) in [5, 5.41) is 5.08. The van der Waals surface area contributed by atoms with Crippen molar-refractivity contribution < 1.29 is 19.1 Å².